The molecule has 0 spiro atoms. The molecule has 1 aromatic carbocycles. The summed E-state index contributed by atoms with van der Waals surface area (Å²) in [6.07, 6.45) is 1.71. The molecule has 2 N–H and O–H groups in total. The van der Waals surface area contributed by atoms with Crippen LogP contribution in [0.3, 0.4) is 0 Å². The van der Waals surface area contributed by atoms with Crippen molar-refractivity contribution in [2.75, 3.05) is 11.9 Å². The van der Waals surface area contributed by atoms with Gasteiger partial charge in [-0.3, -0.25) is 14.9 Å². The molecule has 1 unspecified atom stereocenters. The van der Waals surface area contributed by atoms with E-state index in [4.69, 9.17) is 0 Å². The number of amides is 1. The number of carbonyl (C=O) groups is 1. The molecule has 9 nitrogen and oxygen atoms in total. The van der Waals surface area contributed by atoms with Gasteiger partial charge in [-0.1, -0.05) is 0 Å². The Labute approximate surface area is 112 Å². The number of nitro groups is 1. The Balaban J connectivity index is 1.92. The third kappa shape index (κ3) is 2.07. The summed E-state index contributed by atoms with van der Waals surface area (Å²) < 4.78 is 4.53. The molecular formula is C11H11N5O4. The van der Waals surface area contributed by atoms with Crippen LogP contribution in [0.5, 0.6) is 0 Å². The van der Waals surface area contributed by atoms with Crippen LogP contribution in [0.1, 0.15) is 12.8 Å². The van der Waals surface area contributed by atoms with E-state index in [2.05, 4.69) is 25.6 Å². The van der Waals surface area contributed by atoms with Crippen LogP contribution in [0, 0.1) is 10.1 Å². The van der Waals surface area contributed by atoms with Crippen LogP contribution in [0.25, 0.3) is 11.0 Å². The van der Waals surface area contributed by atoms with Crippen LogP contribution in [0.4, 0.5) is 11.4 Å². The number of aromatic nitrogens is 2. The van der Waals surface area contributed by atoms with Crippen LogP contribution in [-0.2, 0) is 4.79 Å². The third-order valence-corrected chi connectivity index (χ3v) is 3.23. The van der Waals surface area contributed by atoms with Crippen molar-refractivity contribution >= 4 is 28.3 Å². The van der Waals surface area contributed by atoms with Crippen molar-refractivity contribution < 1.29 is 14.3 Å². The van der Waals surface area contributed by atoms with Gasteiger partial charge in [-0.15, -0.1) is 0 Å². The molecule has 1 aliphatic heterocycles. The number of non-ortho nitro benzene ring substituents is 1. The van der Waals surface area contributed by atoms with Gasteiger partial charge in [-0.25, -0.2) is 4.63 Å². The Morgan fingerprint density at radius 3 is 2.95 bits per heavy atom. The molecule has 2 aromatic rings. The Morgan fingerprint density at radius 2 is 2.25 bits per heavy atom. The Bertz CT molecular complexity index is 677. The minimum absolute atomic E-state index is 0.0205. The summed E-state index contributed by atoms with van der Waals surface area (Å²) in [6, 6.07) is 2.45. The highest BCUT2D eigenvalue weighted by molar-refractivity contribution is 6.03. The molecule has 3 rings (SSSR count). The molecule has 1 amide bonds. The van der Waals surface area contributed by atoms with Gasteiger partial charge in [0, 0.05) is 6.07 Å². The maximum atomic E-state index is 12.0. The molecule has 0 saturated carbocycles. The van der Waals surface area contributed by atoms with E-state index in [1.807, 2.05) is 0 Å². The smallest absolute Gasteiger partial charge is 0.300 e. The molecule has 0 radical (unpaired) electrons. The average molecular weight is 277 g/mol. The maximum Gasteiger partial charge on any atom is 0.300 e. The number of nitrogens with zero attached hydrogens (tertiary/aromatic N) is 3. The molecule has 0 aliphatic carbocycles. The second kappa shape index (κ2) is 4.85. The van der Waals surface area contributed by atoms with E-state index >= 15 is 0 Å². The number of hydrogen-bond donors (Lipinski definition) is 2. The second-order valence-electron chi connectivity index (χ2n) is 4.49. The normalized spacial score (nSPS) is 18.3. The topological polar surface area (TPSA) is 123 Å². The largest absolute Gasteiger partial charge is 0.323 e. The molecule has 1 aliphatic rings. The fourth-order valence-corrected chi connectivity index (χ4v) is 2.23. The monoisotopic (exact) mass is 277 g/mol. The number of nitrogens with one attached hydrogen (secondary N) is 2. The lowest BCUT2D eigenvalue weighted by atomic mass is 10.2. The first-order chi connectivity index (χ1) is 9.66. The summed E-state index contributed by atoms with van der Waals surface area (Å²) in [5, 5.41) is 23.7. The maximum absolute atomic E-state index is 12.0. The minimum Gasteiger partial charge on any atom is -0.323 e. The Kier molecular flexibility index (Phi) is 3.03. The van der Waals surface area contributed by atoms with Gasteiger partial charge in [0.1, 0.15) is 0 Å². The van der Waals surface area contributed by atoms with Crippen molar-refractivity contribution in [3.05, 3.63) is 22.2 Å². The Hall–Kier alpha value is -2.55. The number of hydrogen-bond acceptors (Lipinski definition) is 7. The molecule has 104 valence electrons. The van der Waals surface area contributed by atoms with Gasteiger partial charge in [0.25, 0.3) is 0 Å². The molecular weight excluding hydrogens is 266 g/mol. The van der Waals surface area contributed by atoms with E-state index < -0.39 is 4.92 Å². The molecule has 1 atom stereocenters. The van der Waals surface area contributed by atoms with E-state index in [9.17, 15) is 14.9 Å². The van der Waals surface area contributed by atoms with Gasteiger partial charge in [0.2, 0.25) is 11.4 Å². The van der Waals surface area contributed by atoms with E-state index in [-0.39, 0.29) is 28.7 Å². The number of anilines is 1. The second-order valence-corrected chi connectivity index (χ2v) is 4.49. The molecule has 1 saturated heterocycles. The third-order valence-electron chi connectivity index (χ3n) is 3.23. The first-order valence-electron chi connectivity index (χ1n) is 6.11. The lowest BCUT2D eigenvalue weighted by Gasteiger charge is -2.10. The zero-order valence-electron chi connectivity index (χ0n) is 10.3. The molecule has 1 aromatic heterocycles. The van der Waals surface area contributed by atoms with Gasteiger partial charge in [-0.05, 0) is 35.8 Å². The highest BCUT2D eigenvalue weighted by Crippen LogP contribution is 2.28. The SMILES string of the molecule is O=C(Nc1ccc([N+](=O)[O-])c2nonc12)C1CCCN1. The van der Waals surface area contributed by atoms with Crippen LogP contribution in [-0.4, -0.2) is 33.7 Å². The standard InChI is InChI=1S/C11H11N5O4/c17-11(7-2-1-5-12-7)13-6-3-4-8(16(18)19)10-9(6)14-20-15-10/h3-4,7,12H,1-2,5H2,(H,13,17). The van der Waals surface area contributed by atoms with Gasteiger partial charge < -0.3 is 10.6 Å². The van der Waals surface area contributed by atoms with Crippen LogP contribution >= 0.6 is 0 Å². The van der Waals surface area contributed by atoms with Gasteiger partial charge >= 0.3 is 5.69 Å². The highest BCUT2D eigenvalue weighted by atomic mass is 16.6. The summed E-state index contributed by atoms with van der Waals surface area (Å²) in [4.78, 5) is 22.3. The van der Waals surface area contributed by atoms with Gasteiger partial charge in [-0.2, -0.15) is 0 Å². The first-order valence-corrected chi connectivity index (χ1v) is 6.11. The van der Waals surface area contributed by atoms with E-state index in [0.29, 0.717) is 5.69 Å². The zero-order valence-corrected chi connectivity index (χ0v) is 10.3. The van der Waals surface area contributed by atoms with E-state index in [1.165, 1.54) is 12.1 Å². The van der Waals surface area contributed by atoms with Crippen LogP contribution in [0.15, 0.2) is 16.8 Å². The summed E-state index contributed by atoms with van der Waals surface area (Å²) in [5.74, 6) is -0.194. The molecule has 1 fully saturated rings. The summed E-state index contributed by atoms with van der Waals surface area (Å²) in [5.41, 5.74) is 0.335. The fraction of sp³-hybridized carbons (Fsp3) is 0.364. The van der Waals surface area contributed by atoms with Crippen molar-refractivity contribution in [1.82, 2.24) is 15.6 Å². The van der Waals surface area contributed by atoms with Crippen LogP contribution in [0.2, 0.25) is 0 Å². The summed E-state index contributed by atoms with van der Waals surface area (Å²) >= 11 is 0. The van der Waals surface area contributed by atoms with E-state index in [0.717, 1.165) is 19.4 Å². The average Bonchev–Trinajstić information content (AvgIpc) is 3.10. The number of rotatable bonds is 3. The van der Waals surface area contributed by atoms with Crippen molar-refractivity contribution in [3.63, 3.8) is 0 Å². The highest BCUT2D eigenvalue weighted by Gasteiger charge is 2.25. The molecule has 0 bridgehead atoms. The minimum atomic E-state index is -0.573. The fourth-order valence-electron chi connectivity index (χ4n) is 2.23. The van der Waals surface area contributed by atoms with Crippen molar-refractivity contribution in [2.24, 2.45) is 0 Å². The lowest BCUT2D eigenvalue weighted by molar-refractivity contribution is -0.383. The zero-order chi connectivity index (χ0) is 14.1. The lowest BCUT2D eigenvalue weighted by Crippen LogP contribution is -2.35. The predicted molar refractivity (Wildman–Crippen MR) is 68.1 cm³/mol. The number of fused-ring (bicyclic) bond motifs is 1. The van der Waals surface area contributed by atoms with Crippen molar-refractivity contribution in [2.45, 2.75) is 18.9 Å². The summed E-state index contributed by atoms with van der Waals surface area (Å²) in [6.45, 7) is 0.805. The van der Waals surface area contributed by atoms with Gasteiger partial charge in [0.05, 0.1) is 16.7 Å². The number of benzene rings is 1. The van der Waals surface area contributed by atoms with Crippen molar-refractivity contribution in [3.8, 4) is 0 Å². The predicted octanol–water partition coefficient (Wildman–Crippen LogP) is 0.821. The van der Waals surface area contributed by atoms with Crippen molar-refractivity contribution in [1.29, 1.82) is 0 Å². The number of carbonyl (C=O) groups excluding carboxylic acids is 1. The molecule has 9 heteroatoms. The van der Waals surface area contributed by atoms with E-state index in [1.54, 1.807) is 0 Å². The van der Waals surface area contributed by atoms with Crippen LogP contribution < -0.4 is 10.6 Å². The Morgan fingerprint density at radius 1 is 1.45 bits per heavy atom. The molecule has 20 heavy (non-hydrogen) atoms. The summed E-state index contributed by atoms with van der Waals surface area (Å²) in [7, 11) is 0. The first kappa shape index (κ1) is 12.5. The van der Waals surface area contributed by atoms with Gasteiger partial charge in [0.15, 0.2) is 5.52 Å². The number of nitro benzene ring substituents is 1. The quantitative estimate of drug-likeness (QED) is 0.628. The molecule has 2 heterocycles.